The largest absolute Gasteiger partial charge is 0.612 e. The summed E-state index contributed by atoms with van der Waals surface area (Å²) in [5.74, 6) is -0.174. The molecule has 5 heteroatoms. The molecule has 0 fully saturated rings. The average molecular weight is 454 g/mol. The maximum atomic E-state index is 11.9. The molecule has 0 aromatic heterocycles. The average Bonchev–Trinajstić information content (AvgIpc) is 2.54. The van der Waals surface area contributed by atoms with Crippen molar-refractivity contribution >= 4 is 61.0 Å². The summed E-state index contributed by atoms with van der Waals surface area (Å²) < 4.78 is 13.9. The topological polar surface area (TPSA) is 40.1 Å². The molecule has 2 nitrogen and oxygen atoms in total. The fourth-order valence-corrected chi connectivity index (χ4v) is 3.04. The van der Waals surface area contributed by atoms with E-state index in [1.807, 2.05) is 48.5 Å². The molecular weight excluding hydrogens is 440 g/mol. The Balaban J connectivity index is 1.86. The molecule has 2 aromatic carbocycles. The third kappa shape index (κ3) is 6.87. The van der Waals surface area contributed by atoms with E-state index < -0.39 is 11.2 Å². The fraction of sp³-hybridized carbons (Fsp3) is 0.0556. The first kappa shape index (κ1) is 18.2. The van der Waals surface area contributed by atoms with Crippen LogP contribution in [0.2, 0.25) is 0 Å². The van der Waals surface area contributed by atoms with E-state index in [1.54, 1.807) is 17.6 Å². The second-order valence-electron chi connectivity index (χ2n) is 4.73. The predicted octanol–water partition coefficient (Wildman–Crippen LogP) is 5.21. The van der Waals surface area contributed by atoms with Gasteiger partial charge in [0.25, 0.3) is 0 Å². The highest BCUT2D eigenvalue weighted by Crippen LogP contribution is 2.13. The van der Waals surface area contributed by atoms with Crippen molar-refractivity contribution in [2.45, 2.75) is 0 Å². The minimum atomic E-state index is -1.32. The van der Waals surface area contributed by atoms with Gasteiger partial charge in [-0.3, -0.25) is 4.79 Å². The van der Waals surface area contributed by atoms with Crippen LogP contribution in [0.25, 0.3) is 12.2 Å². The summed E-state index contributed by atoms with van der Waals surface area (Å²) in [4.78, 5) is 11.8. The molecule has 0 amide bonds. The van der Waals surface area contributed by atoms with E-state index in [2.05, 4.69) is 31.9 Å². The van der Waals surface area contributed by atoms with Crippen molar-refractivity contribution in [3.63, 3.8) is 0 Å². The first-order valence-electron chi connectivity index (χ1n) is 6.80. The zero-order valence-corrected chi connectivity index (χ0v) is 16.1. The van der Waals surface area contributed by atoms with Crippen LogP contribution in [-0.2, 0) is 16.0 Å². The van der Waals surface area contributed by atoms with E-state index in [0.29, 0.717) is 0 Å². The van der Waals surface area contributed by atoms with Crippen LogP contribution in [0.4, 0.5) is 0 Å². The lowest BCUT2D eigenvalue weighted by molar-refractivity contribution is -0.112. The number of hydrogen-bond donors (Lipinski definition) is 0. The molecule has 0 aliphatic heterocycles. The van der Waals surface area contributed by atoms with Crippen molar-refractivity contribution in [1.82, 2.24) is 0 Å². The van der Waals surface area contributed by atoms with Crippen molar-refractivity contribution in [1.29, 1.82) is 0 Å². The van der Waals surface area contributed by atoms with Crippen molar-refractivity contribution < 1.29 is 9.35 Å². The second-order valence-corrected chi connectivity index (χ2v) is 7.88. The summed E-state index contributed by atoms with van der Waals surface area (Å²) in [6.07, 6.45) is 4.95. The number of carbonyl (C=O) groups excluding carboxylic acids is 1. The molecule has 0 radical (unpaired) electrons. The Morgan fingerprint density at radius 1 is 0.913 bits per heavy atom. The SMILES string of the molecule is O=C(/C=C/c1ccc(Br)cc1)C[S+]([O-])C=Cc1ccc(Br)cc1. The number of carbonyl (C=O) groups is 1. The molecule has 23 heavy (non-hydrogen) atoms. The van der Waals surface area contributed by atoms with Crippen LogP contribution in [0.3, 0.4) is 0 Å². The summed E-state index contributed by atoms with van der Waals surface area (Å²) in [6.45, 7) is 0. The first-order valence-corrected chi connectivity index (χ1v) is 9.77. The molecule has 2 aromatic rings. The van der Waals surface area contributed by atoms with E-state index in [1.165, 1.54) is 6.08 Å². The van der Waals surface area contributed by atoms with Crippen LogP contribution in [0.1, 0.15) is 11.1 Å². The zero-order chi connectivity index (χ0) is 16.7. The van der Waals surface area contributed by atoms with Crippen molar-refractivity contribution in [2.24, 2.45) is 0 Å². The van der Waals surface area contributed by atoms with Gasteiger partial charge in [-0.15, -0.1) is 0 Å². The molecule has 0 N–H and O–H groups in total. The molecule has 0 spiro atoms. The monoisotopic (exact) mass is 452 g/mol. The van der Waals surface area contributed by atoms with Gasteiger partial charge in [0, 0.05) is 8.95 Å². The smallest absolute Gasteiger partial charge is 0.205 e. The number of hydrogen-bond acceptors (Lipinski definition) is 2. The van der Waals surface area contributed by atoms with Gasteiger partial charge in [0.15, 0.2) is 5.75 Å². The van der Waals surface area contributed by atoms with E-state index in [-0.39, 0.29) is 11.5 Å². The first-order chi connectivity index (χ1) is 11.0. The molecule has 0 aliphatic carbocycles. The van der Waals surface area contributed by atoms with Gasteiger partial charge in [0.2, 0.25) is 5.78 Å². The van der Waals surface area contributed by atoms with Crippen LogP contribution in [0.5, 0.6) is 0 Å². The van der Waals surface area contributed by atoms with Gasteiger partial charge in [0.1, 0.15) is 5.41 Å². The van der Waals surface area contributed by atoms with E-state index >= 15 is 0 Å². The summed E-state index contributed by atoms with van der Waals surface area (Å²) in [7, 11) is 0. The van der Waals surface area contributed by atoms with Crippen molar-refractivity contribution in [3.8, 4) is 0 Å². The van der Waals surface area contributed by atoms with E-state index in [0.717, 1.165) is 20.1 Å². The highest BCUT2D eigenvalue weighted by Gasteiger charge is 2.07. The van der Waals surface area contributed by atoms with Crippen molar-refractivity contribution in [2.75, 3.05) is 5.75 Å². The molecule has 0 aliphatic rings. The third-order valence-electron chi connectivity index (χ3n) is 2.90. The molecule has 1 atom stereocenters. The summed E-state index contributed by atoms with van der Waals surface area (Å²) in [6, 6.07) is 15.3. The maximum absolute atomic E-state index is 11.9. The lowest BCUT2D eigenvalue weighted by Gasteiger charge is -2.02. The number of allylic oxidation sites excluding steroid dienone is 1. The standard InChI is InChI=1S/C18H14Br2O2S/c19-16-6-1-14(2-7-16)5-10-18(21)13-23(22)12-11-15-3-8-17(20)9-4-15/h1-12H,13H2/b10-5+,12-11?. The van der Waals surface area contributed by atoms with Crippen LogP contribution in [-0.4, -0.2) is 16.1 Å². The molecule has 2 rings (SSSR count). The summed E-state index contributed by atoms with van der Waals surface area (Å²) in [5.41, 5.74) is 1.87. The Kier molecular flexibility index (Phi) is 7.30. The zero-order valence-electron chi connectivity index (χ0n) is 12.1. The Morgan fingerprint density at radius 2 is 1.39 bits per heavy atom. The van der Waals surface area contributed by atoms with Crippen molar-refractivity contribution in [3.05, 3.63) is 80.1 Å². The normalized spacial score (nSPS) is 12.8. The lowest BCUT2D eigenvalue weighted by Crippen LogP contribution is -2.11. The fourth-order valence-electron chi connectivity index (χ4n) is 1.73. The van der Waals surface area contributed by atoms with E-state index in [9.17, 15) is 9.35 Å². The molecule has 118 valence electrons. The number of rotatable bonds is 6. The quantitative estimate of drug-likeness (QED) is 0.444. The van der Waals surface area contributed by atoms with Gasteiger partial charge in [-0.25, -0.2) is 0 Å². The Bertz CT molecular complexity index is 707. The number of benzene rings is 2. The minimum Gasteiger partial charge on any atom is -0.612 e. The van der Waals surface area contributed by atoms with Gasteiger partial charge in [-0.05, 0) is 58.7 Å². The van der Waals surface area contributed by atoms with Gasteiger partial charge in [-0.2, -0.15) is 0 Å². The highest BCUT2D eigenvalue weighted by molar-refractivity contribution is 9.10. The van der Waals surface area contributed by atoms with Crippen LogP contribution >= 0.6 is 31.9 Å². The minimum absolute atomic E-state index is 0.0138. The highest BCUT2D eigenvalue weighted by atomic mass is 79.9. The molecule has 0 heterocycles. The lowest BCUT2D eigenvalue weighted by atomic mass is 10.2. The second kappa shape index (κ2) is 9.23. The maximum Gasteiger partial charge on any atom is 0.205 e. The predicted molar refractivity (Wildman–Crippen MR) is 104 cm³/mol. The molecule has 0 bridgehead atoms. The van der Waals surface area contributed by atoms with Crippen LogP contribution < -0.4 is 0 Å². The number of halogens is 2. The van der Waals surface area contributed by atoms with E-state index in [4.69, 9.17) is 0 Å². The van der Waals surface area contributed by atoms with Crippen LogP contribution in [0.15, 0.2) is 69.0 Å². The summed E-state index contributed by atoms with van der Waals surface area (Å²) in [5, 5.41) is 1.55. The molecule has 1 unspecified atom stereocenters. The van der Waals surface area contributed by atoms with Crippen LogP contribution in [0, 0.1) is 0 Å². The number of ketones is 1. The Morgan fingerprint density at radius 3 is 1.91 bits per heavy atom. The third-order valence-corrected chi connectivity index (χ3v) is 4.96. The van der Waals surface area contributed by atoms with Gasteiger partial charge < -0.3 is 4.55 Å². The summed E-state index contributed by atoms with van der Waals surface area (Å²) >= 11 is 5.40. The van der Waals surface area contributed by atoms with Gasteiger partial charge in [0.05, 0.1) is 0 Å². The molecule has 0 saturated heterocycles. The molecule has 0 saturated carbocycles. The Hall–Kier alpha value is -1.14. The van der Waals surface area contributed by atoms with Gasteiger partial charge in [-0.1, -0.05) is 62.2 Å². The molecular formula is C18H14Br2O2S. The van der Waals surface area contributed by atoms with Gasteiger partial charge >= 0.3 is 0 Å². The Labute approximate surface area is 155 Å².